The minimum atomic E-state index is -0.656. The predicted octanol–water partition coefficient (Wildman–Crippen LogP) is 6.16. The molecule has 0 bridgehead atoms. The van der Waals surface area contributed by atoms with Crippen LogP contribution in [0.2, 0.25) is 0 Å². The summed E-state index contributed by atoms with van der Waals surface area (Å²) in [4.78, 5) is 0. The lowest BCUT2D eigenvalue weighted by atomic mass is 9.46. The van der Waals surface area contributed by atoms with Crippen LogP contribution in [-0.2, 0) is 4.74 Å². The molecule has 15 atom stereocenters. The van der Waals surface area contributed by atoms with Gasteiger partial charge in [-0.1, -0.05) is 19.1 Å². The molecule has 1 spiro atoms. The Morgan fingerprint density at radius 3 is 2.37 bits per heavy atom. The van der Waals surface area contributed by atoms with Crippen molar-refractivity contribution in [3.05, 3.63) is 12.2 Å². The van der Waals surface area contributed by atoms with Crippen LogP contribution in [0.3, 0.4) is 0 Å². The first kappa shape index (κ1) is 29.3. The van der Waals surface area contributed by atoms with Gasteiger partial charge in [-0.3, -0.25) is 0 Å². The van der Waals surface area contributed by atoms with E-state index in [-0.39, 0.29) is 23.0 Å². The number of allylic oxidation sites excluding steroid dienone is 1. The van der Waals surface area contributed by atoms with E-state index in [4.69, 9.17) is 11.3 Å². The maximum Gasteiger partial charge on any atom is 0.0930 e. The van der Waals surface area contributed by atoms with Gasteiger partial charge < -0.3 is 25.2 Å². The van der Waals surface area contributed by atoms with Crippen LogP contribution in [0, 0.1) is 52.3 Å². The second-order valence-electron chi connectivity index (χ2n) is 17.3. The van der Waals surface area contributed by atoms with Crippen molar-refractivity contribution in [2.45, 2.75) is 159 Å². The van der Waals surface area contributed by atoms with Crippen molar-refractivity contribution in [1.82, 2.24) is 0 Å². The van der Waals surface area contributed by atoms with Gasteiger partial charge in [-0.05, 0) is 157 Å². The summed E-state index contributed by atoms with van der Waals surface area (Å²) >= 11 is 0. The summed E-state index contributed by atoms with van der Waals surface area (Å²) in [6.07, 6.45) is 16.1. The summed E-state index contributed by atoms with van der Waals surface area (Å²) in [5, 5.41) is 42.6. The fourth-order valence-corrected chi connectivity index (χ4v) is 12.5. The molecule has 41 heavy (non-hydrogen) atoms. The van der Waals surface area contributed by atoms with Gasteiger partial charge in [-0.25, -0.2) is 0 Å². The Kier molecular flexibility index (Phi) is 7.15. The topological polar surface area (TPSA) is 93.5 Å². The molecule has 7 rings (SSSR count). The maximum atomic E-state index is 11.6. The molecule has 7 aliphatic rings. The molecule has 0 unspecified atom stereocenters. The second-order valence-corrected chi connectivity index (χ2v) is 17.3. The molecule has 4 N–H and O–H groups in total. The zero-order chi connectivity index (χ0) is 28.9. The van der Waals surface area contributed by atoms with Gasteiger partial charge >= 0.3 is 0 Å². The van der Waals surface area contributed by atoms with Crippen LogP contribution in [0.25, 0.3) is 0 Å². The molecule has 1 heterocycles. The first-order chi connectivity index (χ1) is 19.4. The highest BCUT2D eigenvalue weighted by Crippen LogP contribution is 2.69. The van der Waals surface area contributed by atoms with Crippen LogP contribution in [0.4, 0.5) is 0 Å². The molecule has 6 saturated carbocycles. The van der Waals surface area contributed by atoms with Crippen LogP contribution in [-0.4, -0.2) is 56.0 Å². The van der Waals surface area contributed by atoms with Gasteiger partial charge in [-0.15, -0.1) is 0 Å². The third-order valence-corrected chi connectivity index (χ3v) is 14.9. The van der Waals surface area contributed by atoms with Crippen LogP contribution < -0.4 is 0 Å². The average Bonchev–Trinajstić information content (AvgIpc) is 3.24. The average molecular weight is 571 g/mol. The zero-order valence-electron chi connectivity index (χ0n) is 26.1. The number of fused-ring (bicyclic) bond motifs is 4. The van der Waals surface area contributed by atoms with E-state index >= 15 is 0 Å². The van der Waals surface area contributed by atoms with Crippen molar-refractivity contribution in [3.8, 4) is 0 Å². The molecule has 1 aliphatic heterocycles. The summed E-state index contributed by atoms with van der Waals surface area (Å²) in [7, 11) is 0. The van der Waals surface area contributed by atoms with E-state index in [2.05, 4.69) is 13.8 Å². The Labute approximate surface area is 248 Å². The van der Waals surface area contributed by atoms with E-state index in [1.807, 2.05) is 0 Å². The number of epoxide rings is 1. The van der Waals surface area contributed by atoms with Gasteiger partial charge in [-0.2, -0.15) is 0 Å². The van der Waals surface area contributed by atoms with E-state index in [1.54, 1.807) is 6.92 Å². The van der Waals surface area contributed by atoms with Gasteiger partial charge in [0.1, 0.15) is 0 Å². The third-order valence-electron chi connectivity index (χ3n) is 14.9. The molecular weight excluding hydrogens is 512 g/mol. The minimum Gasteiger partial charge on any atom is -0.393 e. The lowest BCUT2D eigenvalue weighted by Gasteiger charge is -2.58. The first-order valence-corrected chi connectivity index (χ1v) is 17.5. The van der Waals surface area contributed by atoms with Crippen LogP contribution in [0.15, 0.2) is 12.2 Å². The highest BCUT2D eigenvalue weighted by molar-refractivity contribution is 5.24. The van der Waals surface area contributed by atoms with Crippen molar-refractivity contribution in [1.29, 1.82) is 0 Å². The monoisotopic (exact) mass is 570 g/mol. The van der Waals surface area contributed by atoms with E-state index < -0.39 is 17.8 Å². The molecule has 0 aromatic heterocycles. The van der Waals surface area contributed by atoms with Crippen molar-refractivity contribution in [3.63, 3.8) is 0 Å². The highest BCUT2D eigenvalue weighted by atomic mass is 16.6. The van der Waals surface area contributed by atoms with Crippen molar-refractivity contribution < 1.29 is 25.2 Å². The van der Waals surface area contributed by atoms with Crippen LogP contribution in [0.1, 0.15) is 124 Å². The summed E-state index contributed by atoms with van der Waals surface area (Å²) in [5.41, 5.74) is 1.31. The molecule has 7 fully saturated rings. The van der Waals surface area contributed by atoms with Crippen molar-refractivity contribution >= 4 is 0 Å². The summed E-state index contributed by atoms with van der Waals surface area (Å²) in [6.45, 7) is 11.4. The van der Waals surface area contributed by atoms with E-state index in [0.717, 1.165) is 51.4 Å². The fraction of sp³-hybridized carbons (Fsp3) is 0.944. The smallest absolute Gasteiger partial charge is 0.0930 e. The molecule has 0 aromatic carbocycles. The number of hydrogen-bond donors (Lipinski definition) is 4. The fourth-order valence-electron chi connectivity index (χ4n) is 12.5. The van der Waals surface area contributed by atoms with E-state index in [9.17, 15) is 20.4 Å². The maximum absolute atomic E-state index is 11.6. The van der Waals surface area contributed by atoms with Crippen LogP contribution in [0.5, 0.6) is 0 Å². The van der Waals surface area contributed by atoms with Crippen LogP contribution >= 0.6 is 0 Å². The Bertz CT molecular complexity index is 1030. The summed E-state index contributed by atoms with van der Waals surface area (Å²) in [5.74, 6) is 3.72. The molecule has 232 valence electrons. The Hall–Kier alpha value is -0.460. The highest BCUT2D eigenvalue weighted by Gasteiger charge is 2.67. The van der Waals surface area contributed by atoms with Gasteiger partial charge in [0.25, 0.3) is 0 Å². The van der Waals surface area contributed by atoms with Crippen molar-refractivity contribution in [2.75, 3.05) is 0 Å². The SMILES string of the molecule is C=C1C[C@@]2(CC[C@@H]([C@@H]3CC[C@H]4CC[C@H](O)C[C@]4(O)C3)C2)[C@@H]2O[C@]2(C)CC[C@@H]2[C@@H]1C[C@]2(C)[C@@H]1CC[C@H]([C@@H](O)[C@H](C)O)C1. The van der Waals surface area contributed by atoms with Crippen molar-refractivity contribution in [2.24, 2.45) is 52.3 Å². The Morgan fingerprint density at radius 2 is 1.59 bits per heavy atom. The molecule has 5 nitrogen and oxygen atoms in total. The van der Waals surface area contributed by atoms with Gasteiger partial charge in [0.05, 0.1) is 35.6 Å². The number of hydrogen-bond acceptors (Lipinski definition) is 5. The molecule has 6 aliphatic carbocycles. The zero-order valence-corrected chi connectivity index (χ0v) is 26.1. The number of aliphatic hydroxyl groups excluding tert-OH is 3. The molecule has 0 aromatic rings. The largest absolute Gasteiger partial charge is 0.393 e. The second kappa shape index (κ2) is 10.0. The standard InChI is InChI=1S/C36H58O5/c1-21-16-35(14-11-25(17-35)24-6-7-26-9-10-28(38)19-36(26,40)18-24)32-34(4,41-32)13-12-30-29(21)20-33(30,3)27-8-5-23(15-27)31(39)22(2)37/h22-32,37-40H,1,5-20H2,2-4H3/t22-,23-,24+,25+,26-,27+,28-,29+,30+,31-,32+,33+,34+,35+,36+/m0/s1. The number of rotatable bonds is 4. The summed E-state index contributed by atoms with van der Waals surface area (Å²) in [6, 6.07) is 0. The minimum absolute atomic E-state index is 0.00930. The third kappa shape index (κ3) is 4.73. The van der Waals surface area contributed by atoms with Gasteiger partial charge in [0.15, 0.2) is 0 Å². The molecule has 1 saturated heterocycles. The van der Waals surface area contributed by atoms with Gasteiger partial charge in [0, 0.05) is 11.8 Å². The normalized spacial score (nSPS) is 56.5. The molecule has 0 amide bonds. The number of aliphatic hydroxyl groups is 4. The Morgan fingerprint density at radius 1 is 0.854 bits per heavy atom. The van der Waals surface area contributed by atoms with E-state index in [1.165, 1.54) is 50.5 Å². The quantitative estimate of drug-likeness (QED) is 0.240. The molecular formula is C36H58O5. The molecule has 5 heteroatoms. The lowest BCUT2D eigenvalue weighted by Crippen LogP contribution is -2.51. The van der Waals surface area contributed by atoms with Gasteiger partial charge in [0.2, 0.25) is 0 Å². The summed E-state index contributed by atoms with van der Waals surface area (Å²) < 4.78 is 6.71. The lowest BCUT2D eigenvalue weighted by molar-refractivity contribution is -0.127. The number of ether oxygens (including phenoxy) is 1. The Balaban J connectivity index is 1.05. The molecule has 0 radical (unpaired) electrons. The first-order valence-electron chi connectivity index (χ1n) is 17.5. The predicted molar refractivity (Wildman–Crippen MR) is 160 cm³/mol. The van der Waals surface area contributed by atoms with E-state index in [0.29, 0.717) is 53.4 Å².